The van der Waals surface area contributed by atoms with E-state index in [2.05, 4.69) is 10.2 Å². The van der Waals surface area contributed by atoms with Crippen LogP contribution in [0.4, 0.5) is 5.69 Å². The molecule has 6 heteroatoms. The summed E-state index contributed by atoms with van der Waals surface area (Å²) in [6.07, 6.45) is 7.85. The van der Waals surface area contributed by atoms with E-state index in [4.69, 9.17) is 0 Å². The standard InChI is InChI=1S/C18H25N3O3/c22-18(15-6-8-17(9-7-15)21(23)24)19-12-14-10-11-20(13-14)16-4-2-1-3-5-16/h6-9,14,16H,1-5,10-13H2,(H,19,22). The van der Waals surface area contributed by atoms with Crippen LogP contribution >= 0.6 is 0 Å². The number of likely N-dealkylation sites (tertiary alicyclic amines) is 1. The number of nitro groups is 1. The highest BCUT2D eigenvalue weighted by atomic mass is 16.6. The molecule has 1 aromatic rings. The number of non-ortho nitro benzene ring substituents is 1. The third-order valence-corrected chi connectivity index (χ3v) is 5.30. The monoisotopic (exact) mass is 331 g/mol. The van der Waals surface area contributed by atoms with Gasteiger partial charge in [0.15, 0.2) is 0 Å². The molecule has 1 heterocycles. The Kier molecular flexibility index (Phi) is 5.45. The summed E-state index contributed by atoms with van der Waals surface area (Å²) in [7, 11) is 0. The second kappa shape index (κ2) is 7.75. The van der Waals surface area contributed by atoms with E-state index >= 15 is 0 Å². The molecule has 0 aromatic heterocycles. The Balaban J connectivity index is 1.45. The number of amides is 1. The molecule has 2 fully saturated rings. The molecule has 1 aromatic carbocycles. The Morgan fingerprint density at radius 2 is 1.88 bits per heavy atom. The van der Waals surface area contributed by atoms with Crippen LogP contribution in [-0.4, -0.2) is 41.4 Å². The second-order valence-corrected chi connectivity index (χ2v) is 6.96. The zero-order chi connectivity index (χ0) is 16.9. The topological polar surface area (TPSA) is 75.5 Å². The van der Waals surface area contributed by atoms with E-state index in [0.717, 1.165) is 25.6 Å². The predicted molar refractivity (Wildman–Crippen MR) is 92.0 cm³/mol. The van der Waals surface area contributed by atoms with Crippen molar-refractivity contribution < 1.29 is 9.72 Å². The van der Waals surface area contributed by atoms with Crippen LogP contribution in [0.2, 0.25) is 0 Å². The molecule has 1 amide bonds. The van der Waals surface area contributed by atoms with Crippen LogP contribution in [0.15, 0.2) is 24.3 Å². The largest absolute Gasteiger partial charge is 0.352 e. The van der Waals surface area contributed by atoms with Crippen molar-refractivity contribution in [3.8, 4) is 0 Å². The van der Waals surface area contributed by atoms with E-state index in [0.29, 0.717) is 18.0 Å². The van der Waals surface area contributed by atoms with E-state index in [9.17, 15) is 14.9 Å². The van der Waals surface area contributed by atoms with Gasteiger partial charge in [0.05, 0.1) is 4.92 Å². The summed E-state index contributed by atoms with van der Waals surface area (Å²) in [6, 6.07) is 6.51. The summed E-state index contributed by atoms with van der Waals surface area (Å²) >= 11 is 0. The van der Waals surface area contributed by atoms with E-state index in [1.807, 2.05) is 0 Å². The number of nitrogens with zero attached hydrogens (tertiary/aromatic N) is 2. The van der Waals surface area contributed by atoms with Gasteiger partial charge < -0.3 is 10.2 Å². The first kappa shape index (κ1) is 16.9. The summed E-state index contributed by atoms with van der Waals surface area (Å²) < 4.78 is 0. The molecule has 1 unspecified atom stereocenters. The van der Waals surface area contributed by atoms with Crippen LogP contribution < -0.4 is 5.32 Å². The minimum absolute atomic E-state index is 0.00506. The van der Waals surface area contributed by atoms with Crippen molar-refractivity contribution in [2.45, 2.75) is 44.6 Å². The van der Waals surface area contributed by atoms with Gasteiger partial charge in [0, 0.05) is 36.8 Å². The fraction of sp³-hybridized carbons (Fsp3) is 0.611. The summed E-state index contributed by atoms with van der Waals surface area (Å²) in [5, 5.41) is 13.6. The van der Waals surface area contributed by atoms with Gasteiger partial charge in [-0.05, 0) is 43.9 Å². The minimum Gasteiger partial charge on any atom is -0.352 e. The lowest BCUT2D eigenvalue weighted by Gasteiger charge is -2.31. The van der Waals surface area contributed by atoms with E-state index in [1.165, 1.54) is 56.4 Å². The predicted octanol–water partition coefficient (Wildman–Crippen LogP) is 2.98. The first-order valence-corrected chi connectivity index (χ1v) is 8.90. The fourth-order valence-corrected chi connectivity index (χ4v) is 3.88. The molecule has 1 aliphatic heterocycles. The van der Waals surface area contributed by atoms with Gasteiger partial charge in [-0.1, -0.05) is 19.3 Å². The average molecular weight is 331 g/mol. The molecule has 1 N–H and O–H groups in total. The highest BCUT2D eigenvalue weighted by molar-refractivity contribution is 5.94. The van der Waals surface area contributed by atoms with Crippen LogP contribution in [0.3, 0.4) is 0 Å². The Morgan fingerprint density at radius 3 is 2.54 bits per heavy atom. The highest BCUT2D eigenvalue weighted by Gasteiger charge is 2.29. The maximum absolute atomic E-state index is 12.2. The SMILES string of the molecule is O=C(NCC1CCN(C2CCCCC2)C1)c1ccc([N+](=O)[O-])cc1. The zero-order valence-corrected chi connectivity index (χ0v) is 13.9. The van der Waals surface area contributed by atoms with E-state index in [-0.39, 0.29) is 11.6 Å². The highest BCUT2D eigenvalue weighted by Crippen LogP contribution is 2.27. The number of rotatable bonds is 5. The number of hydrogen-bond donors (Lipinski definition) is 1. The van der Waals surface area contributed by atoms with Crippen molar-refractivity contribution >= 4 is 11.6 Å². The number of benzene rings is 1. The second-order valence-electron chi connectivity index (χ2n) is 6.96. The smallest absolute Gasteiger partial charge is 0.269 e. The van der Waals surface area contributed by atoms with Gasteiger partial charge in [0.2, 0.25) is 0 Å². The van der Waals surface area contributed by atoms with Gasteiger partial charge >= 0.3 is 0 Å². The number of nitrogens with one attached hydrogen (secondary N) is 1. The minimum atomic E-state index is -0.458. The van der Waals surface area contributed by atoms with E-state index in [1.54, 1.807) is 0 Å². The normalized spacial score (nSPS) is 22.4. The maximum Gasteiger partial charge on any atom is 0.269 e. The summed E-state index contributed by atoms with van der Waals surface area (Å²) in [6.45, 7) is 2.90. The molecule has 2 aliphatic rings. The van der Waals surface area contributed by atoms with Crippen LogP contribution in [0, 0.1) is 16.0 Å². The fourth-order valence-electron chi connectivity index (χ4n) is 3.88. The third kappa shape index (κ3) is 4.12. The molecule has 130 valence electrons. The van der Waals surface area contributed by atoms with Crippen molar-refractivity contribution in [3.63, 3.8) is 0 Å². The van der Waals surface area contributed by atoms with Crippen molar-refractivity contribution in [3.05, 3.63) is 39.9 Å². The Hall–Kier alpha value is -1.95. The summed E-state index contributed by atoms with van der Waals surface area (Å²) in [5.41, 5.74) is 0.480. The van der Waals surface area contributed by atoms with Gasteiger partial charge in [-0.2, -0.15) is 0 Å². The molecule has 6 nitrogen and oxygen atoms in total. The van der Waals surface area contributed by atoms with Gasteiger partial charge in [-0.3, -0.25) is 14.9 Å². The lowest BCUT2D eigenvalue weighted by atomic mass is 9.94. The van der Waals surface area contributed by atoms with Crippen LogP contribution in [0.5, 0.6) is 0 Å². The van der Waals surface area contributed by atoms with Crippen molar-refractivity contribution in [1.82, 2.24) is 10.2 Å². The number of hydrogen-bond acceptors (Lipinski definition) is 4. The van der Waals surface area contributed by atoms with Gasteiger partial charge in [0.25, 0.3) is 11.6 Å². The molecule has 3 rings (SSSR count). The molecule has 0 spiro atoms. The maximum atomic E-state index is 12.2. The van der Waals surface area contributed by atoms with Gasteiger partial charge in [-0.25, -0.2) is 0 Å². The lowest BCUT2D eigenvalue weighted by molar-refractivity contribution is -0.384. The van der Waals surface area contributed by atoms with Crippen molar-refractivity contribution in [2.75, 3.05) is 19.6 Å². The van der Waals surface area contributed by atoms with Gasteiger partial charge in [-0.15, -0.1) is 0 Å². The van der Waals surface area contributed by atoms with Gasteiger partial charge in [0.1, 0.15) is 0 Å². The zero-order valence-electron chi connectivity index (χ0n) is 13.9. The Labute approximate surface area is 142 Å². The molecular formula is C18H25N3O3. The average Bonchev–Trinajstić information content (AvgIpc) is 3.09. The van der Waals surface area contributed by atoms with Crippen molar-refractivity contribution in [1.29, 1.82) is 0 Å². The third-order valence-electron chi connectivity index (χ3n) is 5.30. The molecule has 1 saturated heterocycles. The number of carbonyl (C=O) groups excluding carboxylic acids is 1. The first-order chi connectivity index (χ1) is 11.6. The molecular weight excluding hydrogens is 306 g/mol. The molecule has 1 saturated carbocycles. The molecule has 0 bridgehead atoms. The summed E-state index contributed by atoms with van der Waals surface area (Å²) in [5.74, 6) is 0.356. The Bertz CT molecular complexity index is 582. The van der Waals surface area contributed by atoms with E-state index < -0.39 is 4.92 Å². The Morgan fingerprint density at radius 1 is 1.17 bits per heavy atom. The van der Waals surface area contributed by atoms with Crippen molar-refractivity contribution in [2.24, 2.45) is 5.92 Å². The van der Waals surface area contributed by atoms with Crippen LogP contribution in [0.1, 0.15) is 48.9 Å². The molecule has 24 heavy (non-hydrogen) atoms. The van der Waals surface area contributed by atoms with Crippen LogP contribution in [-0.2, 0) is 0 Å². The van der Waals surface area contributed by atoms with Crippen LogP contribution in [0.25, 0.3) is 0 Å². The summed E-state index contributed by atoms with van der Waals surface area (Å²) in [4.78, 5) is 25.0. The molecule has 1 aliphatic carbocycles. The quantitative estimate of drug-likeness (QED) is 0.665. The molecule has 1 atom stereocenters. The number of nitro benzene ring substituents is 1. The first-order valence-electron chi connectivity index (χ1n) is 8.90. The number of carbonyl (C=O) groups is 1. The molecule has 0 radical (unpaired) electrons. The lowest BCUT2D eigenvalue weighted by Crippen LogP contribution is -2.36.